The molecule has 25 heavy (non-hydrogen) atoms. The quantitative estimate of drug-likeness (QED) is 0.558. The molecule has 136 valence electrons. The van der Waals surface area contributed by atoms with Crippen LogP contribution in [-0.2, 0) is 11.3 Å². The van der Waals surface area contributed by atoms with Crippen LogP contribution in [0.15, 0.2) is 23.4 Å². The van der Waals surface area contributed by atoms with Crippen LogP contribution in [0.1, 0.15) is 18.1 Å². The Hall–Kier alpha value is -1.73. The number of thioether (sulfide) groups is 1. The number of aromatic nitrogens is 3. The van der Waals surface area contributed by atoms with Crippen LogP contribution in [0.25, 0.3) is 0 Å². The fraction of sp³-hybridized carbons (Fsp3) is 0.556. The van der Waals surface area contributed by atoms with Crippen LogP contribution in [0, 0.1) is 13.8 Å². The Balaban J connectivity index is 1.57. The van der Waals surface area contributed by atoms with Gasteiger partial charge in [0.15, 0.2) is 5.16 Å². The van der Waals surface area contributed by atoms with Crippen LogP contribution in [0.4, 0.5) is 5.95 Å². The molecule has 0 spiro atoms. The van der Waals surface area contributed by atoms with E-state index in [0.29, 0.717) is 6.61 Å². The maximum Gasteiger partial charge on any atom is 0.228 e. The Bertz CT molecular complexity index is 678. The molecule has 1 fully saturated rings. The molecule has 1 aliphatic rings. The summed E-state index contributed by atoms with van der Waals surface area (Å²) in [6, 6.07) is 6.22. The van der Waals surface area contributed by atoms with E-state index in [1.807, 2.05) is 0 Å². The summed E-state index contributed by atoms with van der Waals surface area (Å²) in [5, 5.41) is 9.73. The predicted octanol–water partition coefficient (Wildman–Crippen LogP) is 2.92. The lowest BCUT2D eigenvalue weighted by Crippen LogP contribution is -2.38. The van der Waals surface area contributed by atoms with Crippen molar-refractivity contribution in [1.82, 2.24) is 14.8 Å². The molecular weight excluding hydrogens is 336 g/mol. The first-order chi connectivity index (χ1) is 12.2. The van der Waals surface area contributed by atoms with Crippen LogP contribution < -0.4 is 9.64 Å². The molecule has 3 rings (SSSR count). The third-order valence-corrected chi connectivity index (χ3v) is 5.21. The second-order valence-corrected chi connectivity index (χ2v) is 7.11. The Labute approximate surface area is 153 Å². The van der Waals surface area contributed by atoms with Gasteiger partial charge in [0.25, 0.3) is 0 Å². The number of ether oxygens (including phenoxy) is 2. The maximum absolute atomic E-state index is 5.98. The van der Waals surface area contributed by atoms with Gasteiger partial charge in [0.1, 0.15) is 5.75 Å². The molecule has 0 saturated carbocycles. The summed E-state index contributed by atoms with van der Waals surface area (Å²) < 4.78 is 13.6. The molecule has 0 radical (unpaired) electrons. The molecular formula is C18H26N4O2S. The fourth-order valence-electron chi connectivity index (χ4n) is 2.97. The first kappa shape index (κ1) is 18.1. The number of aryl methyl sites for hydroxylation is 2. The molecule has 2 heterocycles. The van der Waals surface area contributed by atoms with Gasteiger partial charge in [-0.25, -0.2) is 0 Å². The van der Waals surface area contributed by atoms with Gasteiger partial charge < -0.3 is 14.4 Å². The number of anilines is 1. The van der Waals surface area contributed by atoms with E-state index in [1.54, 1.807) is 11.8 Å². The molecule has 2 aromatic rings. The average Bonchev–Trinajstić information content (AvgIpc) is 3.04. The van der Waals surface area contributed by atoms with Gasteiger partial charge in [-0.2, -0.15) is 0 Å². The first-order valence-electron chi connectivity index (χ1n) is 8.78. The number of rotatable bonds is 7. The molecule has 1 saturated heterocycles. The van der Waals surface area contributed by atoms with Gasteiger partial charge in [0, 0.05) is 25.4 Å². The lowest BCUT2D eigenvalue weighted by atomic mass is 10.1. The average molecular weight is 362 g/mol. The molecule has 1 aromatic heterocycles. The van der Waals surface area contributed by atoms with Crippen LogP contribution in [-0.4, -0.2) is 53.4 Å². The van der Waals surface area contributed by atoms with E-state index in [2.05, 4.69) is 58.6 Å². The van der Waals surface area contributed by atoms with Gasteiger partial charge in [0.05, 0.1) is 19.8 Å². The number of hydrogen-bond donors (Lipinski definition) is 0. The van der Waals surface area contributed by atoms with E-state index in [1.165, 1.54) is 11.1 Å². The highest BCUT2D eigenvalue weighted by atomic mass is 32.2. The molecule has 0 N–H and O–H groups in total. The molecule has 1 aliphatic heterocycles. The monoisotopic (exact) mass is 362 g/mol. The molecule has 0 bridgehead atoms. The van der Waals surface area contributed by atoms with Crippen LogP contribution in [0.5, 0.6) is 5.75 Å². The summed E-state index contributed by atoms with van der Waals surface area (Å²) in [6.45, 7) is 11.1. The zero-order valence-electron chi connectivity index (χ0n) is 15.2. The smallest absolute Gasteiger partial charge is 0.228 e. The first-order valence-corrected chi connectivity index (χ1v) is 9.77. The fourth-order valence-corrected chi connectivity index (χ4v) is 3.78. The number of morpholine rings is 1. The lowest BCUT2D eigenvalue weighted by molar-refractivity contribution is 0.121. The zero-order chi connectivity index (χ0) is 17.6. The Morgan fingerprint density at radius 2 is 1.88 bits per heavy atom. The molecule has 6 nitrogen and oxygen atoms in total. The van der Waals surface area contributed by atoms with Crippen molar-refractivity contribution in [2.24, 2.45) is 0 Å². The summed E-state index contributed by atoms with van der Waals surface area (Å²) in [5.74, 6) is 2.78. The highest BCUT2D eigenvalue weighted by Gasteiger charge is 2.19. The van der Waals surface area contributed by atoms with Crippen LogP contribution in [0.2, 0.25) is 0 Å². The third-order valence-electron chi connectivity index (χ3n) is 4.28. The lowest BCUT2D eigenvalue weighted by Gasteiger charge is -2.27. The summed E-state index contributed by atoms with van der Waals surface area (Å²) in [6.07, 6.45) is 0. The molecule has 7 heteroatoms. The zero-order valence-corrected chi connectivity index (χ0v) is 16.0. The van der Waals surface area contributed by atoms with Crippen molar-refractivity contribution in [1.29, 1.82) is 0 Å². The topological polar surface area (TPSA) is 52.4 Å². The Morgan fingerprint density at radius 3 is 2.56 bits per heavy atom. The van der Waals surface area contributed by atoms with Crippen molar-refractivity contribution in [3.8, 4) is 5.75 Å². The minimum Gasteiger partial charge on any atom is -0.492 e. The molecule has 0 aliphatic carbocycles. The van der Waals surface area contributed by atoms with Crippen molar-refractivity contribution in [2.75, 3.05) is 43.6 Å². The predicted molar refractivity (Wildman–Crippen MR) is 101 cm³/mol. The standard InChI is InChI=1S/C18H26N4O2S/c1-4-22-17(21-8-10-23-11-9-21)19-20-18(22)25-13-12-24-16-14(2)6-5-7-15(16)3/h5-7H,4,8-13H2,1-3H3. The normalized spacial score (nSPS) is 14.8. The summed E-state index contributed by atoms with van der Waals surface area (Å²) >= 11 is 1.69. The van der Waals surface area contributed by atoms with Gasteiger partial charge in [0.2, 0.25) is 5.95 Å². The van der Waals surface area contributed by atoms with Crippen molar-refractivity contribution < 1.29 is 9.47 Å². The van der Waals surface area contributed by atoms with Gasteiger partial charge in [-0.3, -0.25) is 4.57 Å². The van der Waals surface area contributed by atoms with Gasteiger partial charge in [-0.15, -0.1) is 10.2 Å². The number of nitrogens with zero attached hydrogens (tertiary/aromatic N) is 4. The van der Waals surface area contributed by atoms with E-state index in [-0.39, 0.29) is 0 Å². The summed E-state index contributed by atoms with van der Waals surface area (Å²) in [4.78, 5) is 2.25. The molecule has 0 atom stereocenters. The molecule has 0 unspecified atom stereocenters. The number of para-hydroxylation sites is 1. The Kier molecular flexibility index (Phi) is 6.20. The molecule has 0 amide bonds. The van der Waals surface area contributed by atoms with E-state index < -0.39 is 0 Å². The minimum atomic E-state index is 0.653. The van der Waals surface area contributed by atoms with Crippen molar-refractivity contribution in [3.05, 3.63) is 29.3 Å². The minimum absolute atomic E-state index is 0.653. The SMILES string of the molecule is CCn1c(SCCOc2c(C)cccc2C)nnc1N1CCOCC1. The summed E-state index contributed by atoms with van der Waals surface area (Å²) in [5.41, 5.74) is 2.35. The Morgan fingerprint density at radius 1 is 1.16 bits per heavy atom. The molecule has 1 aromatic carbocycles. The van der Waals surface area contributed by atoms with Crippen molar-refractivity contribution >= 4 is 17.7 Å². The number of hydrogen-bond acceptors (Lipinski definition) is 6. The second kappa shape index (κ2) is 8.58. The number of benzene rings is 1. The third kappa shape index (κ3) is 4.27. The van der Waals surface area contributed by atoms with E-state index in [4.69, 9.17) is 9.47 Å². The van der Waals surface area contributed by atoms with E-state index >= 15 is 0 Å². The second-order valence-electron chi connectivity index (χ2n) is 6.04. The van der Waals surface area contributed by atoms with Gasteiger partial charge >= 0.3 is 0 Å². The largest absolute Gasteiger partial charge is 0.492 e. The van der Waals surface area contributed by atoms with E-state index in [0.717, 1.165) is 55.5 Å². The van der Waals surface area contributed by atoms with Crippen LogP contribution >= 0.6 is 11.8 Å². The van der Waals surface area contributed by atoms with E-state index in [9.17, 15) is 0 Å². The van der Waals surface area contributed by atoms with Gasteiger partial charge in [-0.1, -0.05) is 30.0 Å². The maximum atomic E-state index is 5.98. The van der Waals surface area contributed by atoms with Crippen molar-refractivity contribution in [2.45, 2.75) is 32.5 Å². The van der Waals surface area contributed by atoms with Gasteiger partial charge in [-0.05, 0) is 31.9 Å². The highest BCUT2D eigenvalue weighted by Crippen LogP contribution is 2.25. The van der Waals surface area contributed by atoms with Crippen molar-refractivity contribution in [3.63, 3.8) is 0 Å². The van der Waals surface area contributed by atoms with Crippen LogP contribution in [0.3, 0.4) is 0 Å². The summed E-state index contributed by atoms with van der Waals surface area (Å²) in [7, 11) is 0. The highest BCUT2D eigenvalue weighted by molar-refractivity contribution is 7.99.